The first kappa shape index (κ1) is 16.7. The summed E-state index contributed by atoms with van der Waals surface area (Å²) < 4.78 is 15.9. The molecule has 3 rings (SSSR count). The fourth-order valence-electron chi connectivity index (χ4n) is 2.18. The van der Waals surface area contributed by atoms with Gasteiger partial charge in [-0.25, -0.2) is 4.39 Å². The molecule has 0 saturated heterocycles. The smallest absolute Gasteiger partial charge is 0.258 e. The van der Waals surface area contributed by atoms with Crippen LogP contribution in [-0.4, -0.2) is 15.7 Å². The molecule has 0 radical (unpaired) electrons. The first-order valence-electron chi connectivity index (χ1n) is 7.07. The van der Waals surface area contributed by atoms with Crippen molar-refractivity contribution in [2.24, 2.45) is 0 Å². The first-order valence-corrected chi connectivity index (χ1v) is 8.24. The van der Waals surface area contributed by atoms with Crippen molar-refractivity contribution in [1.29, 1.82) is 0 Å². The van der Waals surface area contributed by atoms with Crippen molar-refractivity contribution >= 4 is 39.3 Å². The Morgan fingerprint density at radius 2 is 1.92 bits per heavy atom. The van der Waals surface area contributed by atoms with E-state index in [0.29, 0.717) is 15.6 Å². The molecular formula is C17H12BrClFN3O. The van der Waals surface area contributed by atoms with E-state index >= 15 is 0 Å². The number of hydrogen-bond acceptors (Lipinski definition) is 2. The van der Waals surface area contributed by atoms with Gasteiger partial charge in [-0.2, -0.15) is 5.10 Å². The van der Waals surface area contributed by atoms with Crippen molar-refractivity contribution in [1.82, 2.24) is 9.78 Å². The molecule has 24 heavy (non-hydrogen) atoms. The molecule has 1 N–H and O–H groups in total. The molecule has 0 aliphatic rings. The maximum Gasteiger partial charge on any atom is 0.258 e. The number of aromatic nitrogens is 2. The van der Waals surface area contributed by atoms with E-state index in [0.717, 1.165) is 0 Å². The molecule has 7 heteroatoms. The van der Waals surface area contributed by atoms with Crippen LogP contribution in [-0.2, 0) is 6.54 Å². The van der Waals surface area contributed by atoms with Gasteiger partial charge in [0.1, 0.15) is 10.8 Å². The maximum atomic E-state index is 13.7. The van der Waals surface area contributed by atoms with Gasteiger partial charge in [-0.15, -0.1) is 0 Å². The standard InChI is InChI=1S/C17H12BrClFN3O/c18-13-7-3-2-6-12(13)17(24)21-16-14(19)10-23(22-16)9-11-5-1-4-8-15(11)20/h1-8,10H,9H2,(H,21,22,24). The summed E-state index contributed by atoms with van der Waals surface area (Å²) in [5.74, 6) is -0.419. The Balaban J connectivity index is 1.78. The molecule has 0 aliphatic heterocycles. The van der Waals surface area contributed by atoms with Gasteiger partial charge in [0, 0.05) is 16.2 Å². The molecule has 0 fully saturated rings. The molecule has 3 aromatic rings. The highest BCUT2D eigenvalue weighted by Crippen LogP contribution is 2.23. The van der Waals surface area contributed by atoms with Gasteiger partial charge in [-0.1, -0.05) is 41.9 Å². The Kier molecular flexibility index (Phi) is 4.97. The number of halogens is 3. The van der Waals surface area contributed by atoms with Crippen LogP contribution in [0.3, 0.4) is 0 Å². The molecule has 2 aromatic carbocycles. The van der Waals surface area contributed by atoms with Crippen molar-refractivity contribution in [2.75, 3.05) is 5.32 Å². The minimum Gasteiger partial charge on any atom is -0.304 e. The molecule has 0 atom stereocenters. The number of hydrogen-bond donors (Lipinski definition) is 1. The van der Waals surface area contributed by atoms with Crippen LogP contribution in [0, 0.1) is 5.82 Å². The Morgan fingerprint density at radius 3 is 2.67 bits per heavy atom. The van der Waals surface area contributed by atoms with Crippen LogP contribution in [0.25, 0.3) is 0 Å². The van der Waals surface area contributed by atoms with E-state index in [-0.39, 0.29) is 29.1 Å². The summed E-state index contributed by atoms with van der Waals surface area (Å²) in [6, 6.07) is 13.5. The third-order valence-corrected chi connectivity index (χ3v) is 4.33. The number of nitrogens with zero attached hydrogens (tertiary/aromatic N) is 2. The van der Waals surface area contributed by atoms with Gasteiger partial charge in [0.25, 0.3) is 5.91 Å². The summed E-state index contributed by atoms with van der Waals surface area (Å²) in [4.78, 5) is 12.3. The minimum absolute atomic E-state index is 0.220. The largest absolute Gasteiger partial charge is 0.304 e. The quantitative estimate of drug-likeness (QED) is 0.678. The normalized spacial score (nSPS) is 10.6. The number of nitrogens with one attached hydrogen (secondary N) is 1. The second kappa shape index (κ2) is 7.15. The molecule has 0 unspecified atom stereocenters. The monoisotopic (exact) mass is 407 g/mol. The van der Waals surface area contributed by atoms with Crippen molar-refractivity contribution < 1.29 is 9.18 Å². The van der Waals surface area contributed by atoms with Crippen LogP contribution >= 0.6 is 27.5 Å². The number of carbonyl (C=O) groups is 1. The fraction of sp³-hybridized carbons (Fsp3) is 0.0588. The fourth-order valence-corrected chi connectivity index (χ4v) is 2.85. The van der Waals surface area contributed by atoms with Gasteiger partial charge in [0.2, 0.25) is 0 Å². The Hall–Kier alpha value is -2.18. The number of anilines is 1. The van der Waals surface area contributed by atoms with Crippen molar-refractivity contribution in [3.8, 4) is 0 Å². The lowest BCUT2D eigenvalue weighted by molar-refractivity contribution is 0.102. The second-order valence-corrected chi connectivity index (χ2v) is 6.31. The van der Waals surface area contributed by atoms with Crippen molar-refractivity contribution in [2.45, 2.75) is 6.54 Å². The zero-order valence-electron chi connectivity index (χ0n) is 12.3. The highest BCUT2D eigenvalue weighted by molar-refractivity contribution is 9.10. The average Bonchev–Trinajstić information content (AvgIpc) is 2.89. The van der Waals surface area contributed by atoms with Crippen LogP contribution in [0.4, 0.5) is 10.2 Å². The van der Waals surface area contributed by atoms with Gasteiger partial charge >= 0.3 is 0 Å². The number of benzene rings is 2. The summed E-state index contributed by atoms with van der Waals surface area (Å²) in [5.41, 5.74) is 0.956. The average molecular weight is 409 g/mol. The van der Waals surface area contributed by atoms with Crippen LogP contribution in [0.1, 0.15) is 15.9 Å². The van der Waals surface area contributed by atoms with E-state index in [1.165, 1.54) is 10.7 Å². The Labute approximate surface area is 151 Å². The molecule has 0 aliphatic carbocycles. The topological polar surface area (TPSA) is 46.9 Å². The molecule has 4 nitrogen and oxygen atoms in total. The molecule has 0 bridgehead atoms. The molecule has 1 aromatic heterocycles. The van der Waals surface area contributed by atoms with E-state index in [2.05, 4.69) is 26.3 Å². The molecule has 1 heterocycles. The van der Waals surface area contributed by atoms with E-state index in [4.69, 9.17) is 11.6 Å². The predicted octanol–water partition coefficient (Wildman–Crippen LogP) is 4.74. The highest BCUT2D eigenvalue weighted by Gasteiger charge is 2.14. The number of rotatable bonds is 4. The van der Waals surface area contributed by atoms with Gasteiger partial charge < -0.3 is 5.32 Å². The van der Waals surface area contributed by atoms with Crippen molar-refractivity contribution in [3.63, 3.8) is 0 Å². The third kappa shape index (κ3) is 3.66. The van der Waals surface area contributed by atoms with Gasteiger partial charge in [-0.3, -0.25) is 9.48 Å². The van der Waals surface area contributed by atoms with Gasteiger partial charge in [-0.05, 0) is 34.1 Å². The SMILES string of the molecule is O=C(Nc1nn(Cc2ccccc2F)cc1Cl)c1ccccc1Br. The van der Waals surface area contributed by atoms with Crippen LogP contribution in [0.2, 0.25) is 5.02 Å². The second-order valence-electron chi connectivity index (χ2n) is 5.05. The van der Waals surface area contributed by atoms with Gasteiger partial charge in [0.15, 0.2) is 5.82 Å². The lowest BCUT2D eigenvalue weighted by atomic mass is 10.2. The van der Waals surface area contributed by atoms with E-state index in [1.807, 2.05) is 6.07 Å². The predicted molar refractivity (Wildman–Crippen MR) is 94.8 cm³/mol. The molecular weight excluding hydrogens is 397 g/mol. The zero-order chi connectivity index (χ0) is 17.1. The lowest BCUT2D eigenvalue weighted by Gasteiger charge is -2.05. The molecule has 122 valence electrons. The van der Waals surface area contributed by atoms with Crippen LogP contribution in [0.5, 0.6) is 0 Å². The first-order chi connectivity index (χ1) is 11.5. The maximum absolute atomic E-state index is 13.7. The zero-order valence-corrected chi connectivity index (χ0v) is 14.7. The third-order valence-electron chi connectivity index (χ3n) is 3.36. The van der Waals surface area contributed by atoms with Crippen molar-refractivity contribution in [3.05, 3.63) is 81.2 Å². The number of carbonyl (C=O) groups excluding carboxylic acids is 1. The van der Waals surface area contributed by atoms with Gasteiger partial charge in [0.05, 0.1) is 12.1 Å². The summed E-state index contributed by atoms with van der Waals surface area (Å²) in [5, 5.41) is 7.16. The summed E-state index contributed by atoms with van der Waals surface area (Å²) in [6.07, 6.45) is 1.55. The summed E-state index contributed by atoms with van der Waals surface area (Å²) >= 11 is 9.44. The van der Waals surface area contributed by atoms with Crippen LogP contribution in [0.15, 0.2) is 59.2 Å². The number of amides is 1. The van der Waals surface area contributed by atoms with E-state index in [1.54, 1.807) is 42.6 Å². The Bertz CT molecular complexity index is 897. The van der Waals surface area contributed by atoms with E-state index < -0.39 is 0 Å². The molecule has 0 spiro atoms. The molecule has 0 saturated carbocycles. The highest BCUT2D eigenvalue weighted by atomic mass is 79.9. The minimum atomic E-state index is -0.333. The molecule has 1 amide bonds. The Morgan fingerprint density at radius 1 is 1.21 bits per heavy atom. The summed E-state index contributed by atoms with van der Waals surface area (Å²) in [6.45, 7) is 0.220. The van der Waals surface area contributed by atoms with Crippen LogP contribution < -0.4 is 5.32 Å². The lowest BCUT2D eigenvalue weighted by Crippen LogP contribution is -2.13. The van der Waals surface area contributed by atoms with E-state index in [9.17, 15) is 9.18 Å². The summed E-state index contributed by atoms with van der Waals surface area (Å²) in [7, 11) is 0.